The molecule has 18 heavy (non-hydrogen) atoms. The van der Waals surface area contributed by atoms with E-state index < -0.39 is 0 Å². The quantitative estimate of drug-likeness (QED) is 0.814. The molecule has 1 aromatic carbocycles. The lowest BCUT2D eigenvalue weighted by Gasteiger charge is -2.06. The van der Waals surface area contributed by atoms with Crippen LogP contribution in [0.25, 0.3) is 11.3 Å². The number of aryl methyl sites for hydroxylation is 1. The second kappa shape index (κ2) is 5.15. The lowest BCUT2D eigenvalue weighted by molar-refractivity contribution is 1.31. The third-order valence-electron chi connectivity index (χ3n) is 2.68. The normalized spacial score (nSPS) is 11.6. The van der Waals surface area contributed by atoms with E-state index in [2.05, 4.69) is 11.1 Å². The first-order valence-electron chi connectivity index (χ1n) is 5.59. The van der Waals surface area contributed by atoms with Crippen LogP contribution < -0.4 is 5.73 Å². The molecule has 2 aromatic rings. The topological polar surface area (TPSA) is 62.7 Å². The molecule has 0 saturated heterocycles. The molecule has 0 fully saturated rings. The zero-order valence-electron chi connectivity index (χ0n) is 10.1. The molecule has 0 unspecified atom stereocenters. The summed E-state index contributed by atoms with van der Waals surface area (Å²) in [4.78, 5) is 3.94. The Kier molecular flexibility index (Phi) is 3.40. The Balaban J connectivity index is 2.55. The van der Waals surface area contributed by atoms with Crippen molar-refractivity contribution in [2.45, 2.75) is 6.92 Å². The van der Waals surface area contributed by atoms with Crippen LogP contribution in [-0.2, 0) is 0 Å². The molecule has 2 rings (SSSR count). The van der Waals surface area contributed by atoms with Gasteiger partial charge >= 0.3 is 0 Å². The van der Waals surface area contributed by atoms with Gasteiger partial charge in [0.1, 0.15) is 6.07 Å². The maximum atomic E-state index is 9.27. The van der Waals surface area contributed by atoms with Crippen LogP contribution >= 0.6 is 0 Å². The minimum absolute atomic E-state index is 0.475. The summed E-state index contributed by atoms with van der Waals surface area (Å²) in [7, 11) is 0. The molecule has 0 spiro atoms. The van der Waals surface area contributed by atoms with Crippen LogP contribution in [0, 0.1) is 18.3 Å². The summed E-state index contributed by atoms with van der Waals surface area (Å²) in [6, 6.07) is 13.5. The van der Waals surface area contributed by atoms with E-state index in [1.165, 1.54) is 0 Å². The lowest BCUT2D eigenvalue weighted by Crippen LogP contribution is -2.01. The molecule has 0 aliphatic heterocycles. The van der Waals surface area contributed by atoms with Gasteiger partial charge in [-0.2, -0.15) is 5.26 Å². The Labute approximate surface area is 106 Å². The van der Waals surface area contributed by atoms with Crippen LogP contribution in [0.2, 0.25) is 0 Å². The molecule has 0 aliphatic carbocycles. The van der Waals surface area contributed by atoms with Crippen molar-refractivity contribution in [1.82, 2.24) is 4.98 Å². The lowest BCUT2D eigenvalue weighted by atomic mass is 10.0. The highest BCUT2D eigenvalue weighted by atomic mass is 14.6. The van der Waals surface area contributed by atoms with Gasteiger partial charge in [-0.3, -0.25) is 4.98 Å². The average Bonchev–Trinajstić information content (AvgIpc) is 2.41. The minimum atomic E-state index is 0.475. The van der Waals surface area contributed by atoms with E-state index in [1.54, 1.807) is 24.5 Å². The molecule has 1 heterocycles. The van der Waals surface area contributed by atoms with Crippen LogP contribution in [0.5, 0.6) is 0 Å². The fraction of sp³-hybridized carbons (Fsp3) is 0.0667. The van der Waals surface area contributed by atoms with Crippen LogP contribution in [0.3, 0.4) is 0 Å². The fourth-order valence-electron chi connectivity index (χ4n) is 1.76. The third-order valence-corrected chi connectivity index (χ3v) is 2.68. The van der Waals surface area contributed by atoms with Crippen LogP contribution in [0.4, 0.5) is 0 Å². The van der Waals surface area contributed by atoms with Gasteiger partial charge in [0.15, 0.2) is 0 Å². The molecule has 0 amide bonds. The number of hydrogen-bond donors (Lipinski definition) is 1. The van der Waals surface area contributed by atoms with Gasteiger partial charge in [0.25, 0.3) is 0 Å². The predicted molar refractivity (Wildman–Crippen MR) is 72.0 cm³/mol. The van der Waals surface area contributed by atoms with E-state index >= 15 is 0 Å². The number of allylic oxidation sites excluding steroid dienone is 1. The first-order valence-corrected chi connectivity index (χ1v) is 5.59. The Bertz CT molecular complexity index is 622. The van der Waals surface area contributed by atoms with Crippen molar-refractivity contribution in [3.05, 3.63) is 65.5 Å². The average molecular weight is 235 g/mol. The molecule has 1 aromatic heterocycles. The number of pyridine rings is 1. The zero-order chi connectivity index (χ0) is 13.0. The summed E-state index contributed by atoms with van der Waals surface area (Å²) in [5, 5.41) is 9.27. The van der Waals surface area contributed by atoms with E-state index in [1.807, 2.05) is 31.2 Å². The van der Waals surface area contributed by atoms with Crippen LogP contribution in [-0.4, -0.2) is 4.98 Å². The van der Waals surface area contributed by atoms with Gasteiger partial charge in [-0.15, -0.1) is 0 Å². The van der Waals surface area contributed by atoms with Gasteiger partial charge in [-0.05, 0) is 36.2 Å². The number of nitriles is 1. The molecule has 3 heteroatoms. The van der Waals surface area contributed by atoms with E-state index in [9.17, 15) is 5.26 Å². The Morgan fingerprint density at radius 2 is 1.89 bits per heavy atom. The summed E-state index contributed by atoms with van der Waals surface area (Å²) < 4.78 is 0. The molecule has 0 radical (unpaired) electrons. The van der Waals surface area contributed by atoms with Crippen LogP contribution in [0.1, 0.15) is 16.7 Å². The maximum Gasteiger partial charge on any atom is 0.102 e. The van der Waals surface area contributed by atoms with Crippen molar-refractivity contribution in [1.29, 1.82) is 5.26 Å². The van der Waals surface area contributed by atoms with E-state index in [4.69, 9.17) is 5.73 Å². The van der Waals surface area contributed by atoms with E-state index in [0.717, 1.165) is 16.7 Å². The van der Waals surface area contributed by atoms with Crippen molar-refractivity contribution >= 4 is 11.3 Å². The van der Waals surface area contributed by atoms with Crippen molar-refractivity contribution < 1.29 is 0 Å². The monoisotopic (exact) mass is 235 g/mol. The maximum absolute atomic E-state index is 9.27. The Hall–Kier alpha value is -2.60. The van der Waals surface area contributed by atoms with Gasteiger partial charge in [0.2, 0.25) is 0 Å². The molecule has 0 bridgehead atoms. The number of nitrogens with zero attached hydrogens (tertiary/aromatic N) is 2. The molecular formula is C15H13N3. The number of rotatable bonds is 2. The smallest absolute Gasteiger partial charge is 0.102 e. The van der Waals surface area contributed by atoms with Crippen molar-refractivity contribution in [2.75, 3.05) is 0 Å². The molecule has 0 aliphatic rings. The Morgan fingerprint density at radius 3 is 2.50 bits per heavy atom. The first-order chi connectivity index (χ1) is 8.72. The third kappa shape index (κ3) is 2.38. The van der Waals surface area contributed by atoms with E-state index in [0.29, 0.717) is 11.3 Å². The van der Waals surface area contributed by atoms with Crippen molar-refractivity contribution in [3.63, 3.8) is 0 Å². The van der Waals surface area contributed by atoms with Gasteiger partial charge < -0.3 is 5.73 Å². The summed E-state index contributed by atoms with van der Waals surface area (Å²) in [5.74, 6) is 0. The van der Waals surface area contributed by atoms with Crippen LogP contribution in [0.15, 0.2) is 48.8 Å². The standard InChI is InChI=1S/C15H13N3/c1-11-3-2-4-13(9-11)15(17)14(10-16)12-5-7-18-8-6-12/h2-9H,17H2,1H3/b15-14+. The minimum Gasteiger partial charge on any atom is -0.397 e. The summed E-state index contributed by atoms with van der Waals surface area (Å²) in [6.45, 7) is 2.00. The zero-order valence-corrected chi connectivity index (χ0v) is 10.1. The Morgan fingerprint density at radius 1 is 1.17 bits per heavy atom. The largest absolute Gasteiger partial charge is 0.397 e. The number of hydrogen-bond acceptors (Lipinski definition) is 3. The summed E-state index contributed by atoms with van der Waals surface area (Å²) in [6.07, 6.45) is 3.30. The van der Waals surface area contributed by atoms with Gasteiger partial charge in [-0.1, -0.05) is 23.8 Å². The van der Waals surface area contributed by atoms with E-state index in [-0.39, 0.29) is 0 Å². The molecule has 0 atom stereocenters. The summed E-state index contributed by atoms with van der Waals surface area (Å²) in [5.41, 5.74) is 9.82. The number of benzene rings is 1. The molecule has 88 valence electrons. The van der Waals surface area contributed by atoms with Crippen molar-refractivity contribution in [2.24, 2.45) is 5.73 Å². The number of aromatic nitrogens is 1. The predicted octanol–water partition coefficient (Wildman–Crippen LogP) is 2.74. The van der Waals surface area contributed by atoms with Gasteiger partial charge in [0.05, 0.1) is 11.3 Å². The molecule has 0 saturated carbocycles. The molecular weight excluding hydrogens is 222 g/mol. The first kappa shape index (κ1) is 11.9. The van der Waals surface area contributed by atoms with Crippen molar-refractivity contribution in [3.8, 4) is 6.07 Å². The SMILES string of the molecule is Cc1cccc(/C(N)=C(/C#N)c2ccncc2)c1. The van der Waals surface area contributed by atoms with Gasteiger partial charge in [0, 0.05) is 12.4 Å². The second-order valence-corrected chi connectivity index (χ2v) is 4.01. The fourth-order valence-corrected chi connectivity index (χ4v) is 1.76. The molecule has 3 nitrogen and oxygen atoms in total. The highest BCUT2D eigenvalue weighted by Gasteiger charge is 2.08. The summed E-state index contributed by atoms with van der Waals surface area (Å²) >= 11 is 0. The van der Waals surface area contributed by atoms with Gasteiger partial charge in [-0.25, -0.2) is 0 Å². The highest BCUT2D eigenvalue weighted by Crippen LogP contribution is 2.22. The second-order valence-electron chi connectivity index (χ2n) is 4.01. The number of nitrogens with two attached hydrogens (primary N) is 1. The highest BCUT2D eigenvalue weighted by molar-refractivity contribution is 5.95. The molecule has 2 N–H and O–H groups in total.